The molecule has 1 rings (SSSR count). The topological polar surface area (TPSA) is 54.0 Å². The van der Waals surface area contributed by atoms with Gasteiger partial charge in [-0.25, -0.2) is 0 Å². The first-order valence-corrected chi connectivity index (χ1v) is 9.71. The third-order valence-corrected chi connectivity index (χ3v) is 4.06. The Morgan fingerprint density at radius 2 is 1.50 bits per heavy atom. The summed E-state index contributed by atoms with van der Waals surface area (Å²) < 4.78 is 21.7. The molecule has 0 heterocycles. The maximum Gasteiger partial charge on any atom is 0.308 e. The minimum Gasteiger partial charge on any atom is -0.463 e. The predicted molar refractivity (Wildman–Crippen MR) is 102 cm³/mol. The third-order valence-electron chi connectivity index (χ3n) is 4.06. The van der Waals surface area contributed by atoms with Crippen LogP contribution in [-0.4, -0.2) is 45.6 Å². The van der Waals surface area contributed by atoms with Crippen LogP contribution in [-0.2, 0) is 30.3 Å². The van der Waals surface area contributed by atoms with Crippen molar-refractivity contribution in [3.8, 4) is 0 Å². The molecule has 5 heteroatoms. The standard InChI is InChI=1S/C21H34O5/c1-3-5-11-20(4-2)21(22)26-17-16-24-13-12-23-14-15-25-18-19-9-7-6-8-10-19/h6-10,20H,3-5,11-18H2,1-2H3. The molecule has 0 aliphatic rings. The van der Waals surface area contributed by atoms with E-state index in [-0.39, 0.29) is 11.9 Å². The molecule has 1 unspecified atom stereocenters. The minimum absolute atomic E-state index is 0.0224. The van der Waals surface area contributed by atoms with Crippen molar-refractivity contribution < 1.29 is 23.7 Å². The molecule has 26 heavy (non-hydrogen) atoms. The quantitative estimate of drug-likeness (QED) is 0.327. The molecule has 0 amide bonds. The second-order valence-electron chi connectivity index (χ2n) is 6.18. The largest absolute Gasteiger partial charge is 0.463 e. The number of hydrogen-bond donors (Lipinski definition) is 0. The molecular formula is C21H34O5. The van der Waals surface area contributed by atoms with Gasteiger partial charge in [-0.15, -0.1) is 0 Å². The first-order valence-electron chi connectivity index (χ1n) is 9.71. The monoisotopic (exact) mass is 366 g/mol. The zero-order chi connectivity index (χ0) is 18.9. The highest BCUT2D eigenvalue weighted by Gasteiger charge is 2.16. The Labute approximate surface area is 158 Å². The number of carbonyl (C=O) groups excluding carboxylic acids is 1. The Bertz CT molecular complexity index is 449. The lowest BCUT2D eigenvalue weighted by Gasteiger charge is -2.13. The van der Waals surface area contributed by atoms with Crippen LogP contribution in [0.1, 0.15) is 45.1 Å². The van der Waals surface area contributed by atoms with Gasteiger partial charge in [-0.2, -0.15) is 0 Å². The number of hydrogen-bond acceptors (Lipinski definition) is 5. The van der Waals surface area contributed by atoms with E-state index in [0.717, 1.165) is 31.2 Å². The lowest BCUT2D eigenvalue weighted by Crippen LogP contribution is -2.20. The predicted octanol–water partition coefficient (Wildman–Crippen LogP) is 4.00. The van der Waals surface area contributed by atoms with Gasteiger partial charge in [0.1, 0.15) is 6.61 Å². The Balaban J connectivity index is 1.87. The van der Waals surface area contributed by atoms with Crippen molar-refractivity contribution >= 4 is 5.97 Å². The summed E-state index contributed by atoms with van der Waals surface area (Å²) in [5, 5.41) is 0. The molecule has 0 fully saturated rings. The van der Waals surface area contributed by atoms with Crippen LogP contribution in [0.15, 0.2) is 30.3 Å². The van der Waals surface area contributed by atoms with Crippen LogP contribution in [0.2, 0.25) is 0 Å². The normalized spacial score (nSPS) is 12.1. The number of ether oxygens (including phenoxy) is 4. The van der Waals surface area contributed by atoms with Gasteiger partial charge in [0.2, 0.25) is 0 Å². The van der Waals surface area contributed by atoms with Crippen LogP contribution < -0.4 is 0 Å². The number of unbranched alkanes of at least 4 members (excludes halogenated alkanes) is 1. The highest BCUT2D eigenvalue weighted by Crippen LogP contribution is 2.14. The average Bonchev–Trinajstić information content (AvgIpc) is 2.67. The lowest BCUT2D eigenvalue weighted by molar-refractivity contribution is -0.150. The maximum atomic E-state index is 11.9. The van der Waals surface area contributed by atoms with Crippen molar-refractivity contribution in [2.24, 2.45) is 5.92 Å². The van der Waals surface area contributed by atoms with Crippen LogP contribution in [0.25, 0.3) is 0 Å². The first-order chi connectivity index (χ1) is 12.8. The van der Waals surface area contributed by atoms with Crippen molar-refractivity contribution in [3.63, 3.8) is 0 Å². The van der Waals surface area contributed by atoms with E-state index in [0.29, 0.717) is 46.2 Å². The van der Waals surface area contributed by atoms with Crippen molar-refractivity contribution in [1.82, 2.24) is 0 Å². The summed E-state index contributed by atoms with van der Waals surface area (Å²) in [4.78, 5) is 11.9. The molecule has 1 atom stereocenters. The van der Waals surface area contributed by atoms with Crippen molar-refractivity contribution in [2.75, 3.05) is 39.6 Å². The molecular weight excluding hydrogens is 332 g/mol. The number of carbonyl (C=O) groups is 1. The summed E-state index contributed by atoms with van der Waals surface area (Å²) in [5.41, 5.74) is 1.16. The fourth-order valence-corrected chi connectivity index (χ4v) is 2.46. The minimum atomic E-state index is -0.101. The fraction of sp³-hybridized carbons (Fsp3) is 0.667. The number of rotatable bonds is 16. The van der Waals surface area contributed by atoms with E-state index in [1.807, 2.05) is 37.3 Å². The summed E-state index contributed by atoms with van der Waals surface area (Å²) in [6.07, 6.45) is 3.91. The molecule has 0 aromatic heterocycles. The smallest absolute Gasteiger partial charge is 0.308 e. The summed E-state index contributed by atoms with van der Waals surface area (Å²) in [6.45, 7) is 7.57. The van der Waals surface area contributed by atoms with E-state index in [9.17, 15) is 4.79 Å². The van der Waals surface area contributed by atoms with E-state index in [2.05, 4.69) is 6.92 Å². The van der Waals surface area contributed by atoms with Gasteiger partial charge < -0.3 is 18.9 Å². The Kier molecular flexibility index (Phi) is 13.7. The summed E-state index contributed by atoms with van der Waals surface area (Å²) in [5.74, 6) is -0.0782. The molecule has 0 aliphatic carbocycles. The molecule has 0 saturated carbocycles. The number of esters is 1. The van der Waals surface area contributed by atoms with Crippen LogP contribution in [0, 0.1) is 5.92 Å². The van der Waals surface area contributed by atoms with Crippen LogP contribution >= 0.6 is 0 Å². The van der Waals surface area contributed by atoms with E-state index in [4.69, 9.17) is 18.9 Å². The molecule has 1 aromatic carbocycles. The van der Waals surface area contributed by atoms with Crippen LogP contribution in [0.5, 0.6) is 0 Å². The molecule has 1 aromatic rings. The zero-order valence-corrected chi connectivity index (χ0v) is 16.3. The van der Waals surface area contributed by atoms with Gasteiger partial charge >= 0.3 is 5.97 Å². The lowest BCUT2D eigenvalue weighted by atomic mass is 10.00. The average molecular weight is 366 g/mol. The van der Waals surface area contributed by atoms with Crippen molar-refractivity contribution in [1.29, 1.82) is 0 Å². The van der Waals surface area contributed by atoms with Gasteiger partial charge in [-0.05, 0) is 18.4 Å². The van der Waals surface area contributed by atoms with Crippen LogP contribution in [0.3, 0.4) is 0 Å². The first kappa shape index (κ1) is 22.6. The SMILES string of the molecule is CCCCC(CC)C(=O)OCCOCCOCCOCc1ccccc1. The Morgan fingerprint density at radius 1 is 0.885 bits per heavy atom. The summed E-state index contributed by atoms with van der Waals surface area (Å²) in [6, 6.07) is 10.1. The molecule has 0 aliphatic heterocycles. The molecule has 5 nitrogen and oxygen atoms in total. The molecule has 0 radical (unpaired) electrons. The van der Waals surface area contributed by atoms with E-state index < -0.39 is 0 Å². The molecule has 148 valence electrons. The van der Waals surface area contributed by atoms with Crippen molar-refractivity contribution in [2.45, 2.75) is 46.1 Å². The third kappa shape index (κ3) is 11.2. The second kappa shape index (κ2) is 15.8. The molecule has 0 spiro atoms. The number of benzene rings is 1. The van der Waals surface area contributed by atoms with E-state index in [1.165, 1.54) is 0 Å². The van der Waals surface area contributed by atoms with Gasteiger partial charge in [0.05, 0.1) is 45.6 Å². The van der Waals surface area contributed by atoms with Gasteiger partial charge in [0, 0.05) is 0 Å². The highest BCUT2D eigenvalue weighted by atomic mass is 16.6. The van der Waals surface area contributed by atoms with Gasteiger partial charge in [0.15, 0.2) is 0 Å². The van der Waals surface area contributed by atoms with E-state index in [1.54, 1.807) is 0 Å². The molecule has 0 saturated heterocycles. The zero-order valence-electron chi connectivity index (χ0n) is 16.3. The van der Waals surface area contributed by atoms with Crippen molar-refractivity contribution in [3.05, 3.63) is 35.9 Å². The van der Waals surface area contributed by atoms with Gasteiger partial charge in [-0.1, -0.05) is 57.0 Å². The summed E-state index contributed by atoms with van der Waals surface area (Å²) in [7, 11) is 0. The maximum absolute atomic E-state index is 11.9. The van der Waals surface area contributed by atoms with Crippen LogP contribution in [0.4, 0.5) is 0 Å². The Morgan fingerprint density at radius 3 is 2.12 bits per heavy atom. The van der Waals surface area contributed by atoms with Gasteiger partial charge in [-0.3, -0.25) is 4.79 Å². The summed E-state index contributed by atoms with van der Waals surface area (Å²) >= 11 is 0. The van der Waals surface area contributed by atoms with Gasteiger partial charge in [0.25, 0.3) is 0 Å². The second-order valence-corrected chi connectivity index (χ2v) is 6.18. The fourth-order valence-electron chi connectivity index (χ4n) is 2.46. The molecule has 0 bridgehead atoms. The van der Waals surface area contributed by atoms with E-state index >= 15 is 0 Å². The molecule has 0 N–H and O–H groups in total. The Hall–Kier alpha value is -1.43. The highest BCUT2D eigenvalue weighted by molar-refractivity contribution is 5.72.